The van der Waals surface area contributed by atoms with Crippen molar-refractivity contribution in [2.24, 2.45) is 0 Å². The standard InChI is InChI=1S/C15H19FN2/c1-10(2)13-8-12(16)9-14(11(3)4)15(13)18-7-5-6-17-18/h5-11H,1-4H3. The van der Waals surface area contributed by atoms with Crippen molar-refractivity contribution in [3.8, 4) is 5.69 Å². The molecule has 1 aromatic heterocycles. The molecular formula is C15H19FN2. The van der Waals surface area contributed by atoms with Crippen LogP contribution in [0.1, 0.15) is 50.7 Å². The summed E-state index contributed by atoms with van der Waals surface area (Å²) in [6.07, 6.45) is 3.66. The first-order valence-electron chi connectivity index (χ1n) is 6.34. The number of nitrogens with zero attached hydrogens (tertiary/aromatic N) is 2. The summed E-state index contributed by atoms with van der Waals surface area (Å²) >= 11 is 0. The number of rotatable bonds is 3. The zero-order chi connectivity index (χ0) is 13.3. The van der Waals surface area contributed by atoms with E-state index >= 15 is 0 Å². The van der Waals surface area contributed by atoms with Crippen LogP contribution in [0.4, 0.5) is 4.39 Å². The van der Waals surface area contributed by atoms with Crippen molar-refractivity contribution in [3.05, 3.63) is 47.5 Å². The van der Waals surface area contributed by atoms with E-state index in [9.17, 15) is 4.39 Å². The largest absolute Gasteiger partial charge is 0.240 e. The Labute approximate surface area is 107 Å². The molecule has 18 heavy (non-hydrogen) atoms. The molecule has 0 N–H and O–H groups in total. The van der Waals surface area contributed by atoms with E-state index < -0.39 is 0 Å². The van der Waals surface area contributed by atoms with Crippen LogP contribution < -0.4 is 0 Å². The van der Waals surface area contributed by atoms with E-state index in [1.165, 1.54) is 0 Å². The second kappa shape index (κ2) is 4.92. The molecule has 0 unspecified atom stereocenters. The van der Waals surface area contributed by atoms with Gasteiger partial charge in [0.2, 0.25) is 0 Å². The highest BCUT2D eigenvalue weighted by atomic mass is 19.1. The van der Waals surface area contributed by atoms with Gasteiger partial charge < -0.3 is 0 Å². The Morgan fingerprint density at radius 1 is 1.06 bits per heavy atom. The van der Waals surface area contributed by atoms with Gasteiger partial charge in [0.15, 0.2) is 0 Å². The van der Waals surface area contributed by atoms with E-state index in [4.69, 9.17) is 0 Å². The summed E-state index contributed by atoms with van der Waals surface area (Å²) in [6.45, 7) is 8.30. The molecule has 0 aliphatic rings. The van der Waals surface area contributed by atoms with Crippen LogP contribution >= 0.6 is 0 Å². The van der Waals surface area contributed by atoms with Crippen LogP contribution in [0.2, 0.25) is 0 Å². The first-order valence-corrected chi connectivity index (χ1v) is 6.34. The third-order valence-electron chi connectivity index (χ3n) is 3.11. The smallest absolute Gasteiger partial charge is 0.123 e. The summed E-state index contributed by atoms with van der Waals surface area (Å²) in [7, 11) is 0. The van der Waals surface area contributed by atoms with E-state index in [0.29, 0.717) is 0 Å². The van der Waals surface area contributed by atoms with Gasteiger partial charge in [-0.3, -0.25) is 0 Å². The third-order valence-corrected chi connectivity index (χ3v) is 3.11. The van der Waals surface area contributed by atoms with Crippen molar-refractivity contribution in [3.63, 3.8) is 0 Å². The topological polar surface area (TPSA) is 17.8 Å². The van der Waals surface area contributed by atoms with Gasteiger partial charge in [-0.15, -0.1) is 0 Å². The second-order valence-electron chi connectivity index (χ2n) is 5.19. The number of hydrogen-bond donors (Lipinski definition) is 0. The van der Waals surface area contributed by atoms with Crippen molar-refractivity contribution in [1.29, 1.82) is 0 Å². The molecule has 2 rings (SSSR count). The predicted molar refractivity (Wildman–Crippen MR) is 71.7 cm³/mol. The van der Waals surface area contributed by atoms with Gasteiger partial charge in [-0.1, -0.05) is 27.7 Å². The number of hydrogen-bond acceptors (Lipinski definition) is 1. The van der Waals surface area contributed by atoms with Gasteiger partial charge in [0.1, 0.15) is 5.82 Å². The fraction of sp³-hybridized carbons (Fsp3) is 0.400. The van der Waals surface area contributed by atoms with Crippen LogP contribution in [-0.2, 0) is 0 Å². The molecular weight excluding hydrogens is 227 g/mol. The van der Waals surface area contributed by atoms with Gasteiger partial charge in [-0.25, -0.2) is 9.07 Å². The zero-order valence-corrected chi connectivity index (χ0v) is 11.3. The molecule has 1 heterocycles. The molecule has 0 fully saturated rings. The first-order chi connectivity index (χ1) is 8.50. The third kappa shape index (κ3) is 2.30. The SMILES string of the molecule is CC(C)c1cc(F)cc(C(C)C)c1-n1cccn1. The number of halogens is 1. The van der Waals surface area contributed by atoms with Gasteiger partial charge in [-0.05, 0) is 41.2 Å². The molecule has 0 saturated carbocycles. The van der Waals surface area contributed by atoms with E-state index in [0.717, 1.165) is 16.8 Å². The normalized spacial score (nSPS) is 11.5. The zero-order valence-electron chi connectivity index (χ0n) is 11.3. The van der Waals surface area contributed by atoms with E-state index in [1.807, 2.05) is 16.9 Å². The summed E-state index contributed by atoms with van der Waals surface area (Å²) in [6, 6.07) is 5.12. The van der Waals surface area contributed by atoms with Gasteiger partial charge >= 0.3 is 0 Å². The highest BCUT2D eigenvalue weighted by molar-refractivity contribution is 5.51. The Kier molecular flexibility index (Phi) is 3.50. The quantitative estimate of drug-likeness (QED) is 0.791. The maximum Gasteiger partial charge on any atom is 0.123 e. The molecule has 0 aliphatic carbocycles. The van der Waals surface area contributed by atoms with Gasteiger partial charge in [0, 0.05) is 12.4 Å². The lowest BCUT2D eigenvalue weighted by Gasteiger charge is -2.19. The van der Waals surface area contributed by atoms with Crippen molar-refractivity contribution < 1.29 is 4.39 Å². The molecule has 0 amide bonds. The Balaban J connectivity index is 2.73. The average Bonchev–Trinajstić information content (AvgIpc) is 2.80. The Morgan fingerprint density at radius 3 is 2.00 bits per heavy atom. The predicted octanol–water partition coefficient (Wildman–Crippen LogP) is 4.26. The molecule has 0 aliphatic heterocycles. The van der Waals surface area contributed by atoms with E-state index in [2.05, 4.69) is 32.8 Å². The van der Waals surface area contributed by atoms with Crippen LogP contribution in [0.5, 0.6) is 0 Å². The minimum absolute atomic E-state index is 0.168. The summed E-state index contributed by atoms with van der Waals surface area (Å²) in [5, 5.41) is 4.30. The van der Waals surface area contributed by atoms with E-state index in [-0.39, 0.29) is 17.7 Å². The summed E-state index contributed by atoms with van der Waals surface area (Å²) in [5.41, 5.74) is 3.02. The molecule has 0 saturated heterocycles. The molecule has 2 nitrogen and oxygen atoms in total. The highest BCUT2D eigenvalue weighted by Crippen LogP contribution is 2.31. The number of benzene rings is 1. The van der Waals surface area contributed by atoms with Crippen molar-refractivity contribution in [2.75, 3.05) is 0 Å². The Bertz CT molecular complexity index is 498. The van der Waals surface area contributed by atoms with Crippen molar-refractivity contribution in [2.45, 2.75) is 39.5 Å². The number of aromatic nitrogens is 2. The first kappa shape index (κ1) is 12.8. The molecule has 2 aromatic rings. The highest BCUT2D eigenvalue weighted by Gasteiger charge is 2.17. The molecule has 0 atom stereocenters. The summed E-state index contributed by atoms with van der Waals surface area (Å²) < 4.78 is 15.6. The maximum atomic E-state index is 13.7. The molecule has 96 valence electrons. The van der Waals surface area contributed by atoms with Crippen LogP contribution in [0.25, 0.3) is 5.69 Å². The van der Waals surface area contributed by atoms with Gasteiger partial charge in [0.25, 0.3) is 0 Å². The lowest BCUT2D eigenvalue weighted by atomic mass is 9.92. The van der Waals surface area contributed by atoms with E-state index in [1.54, 1.807) is 18.3 Å². The minimum Gasteiger partial charge on any atom is -0.240 e. The maximum absolute atomic E-state index is 13.7. The summed E-state index contributed by atoms with van der Waals surface area (Å²) in [4.78, 5) is 0. The van der Waals surface area contributed by atoms with Crippen molar-refractivity contribution in [1.82, 2.24) is 9.78 Å². The van der Waals surface area contributed by atoms with Crippen molar-refractivity contribution >= 4 is 0 Å². The Morgan fingerprint density at radius 2 is 1.61 bits per heavy atom. The van der Waals surface area contributed by atoms with Crippen LogP contribution in [0, 0.1) is 5.82 Å². The molecule has 0 spiro atoms. The lowest BCUT2D eigenvalue weighted by Crippen LogP contribution is -2.08. The fourth-order valence-electron chi connectivity index (χ4n) is 2.19. The minimum atomic E-state index is -0.168. The molecule has 1 aromatic carbocycles. The van der Waals surface area contributed by atoms with Crippen LogP contribution in [0.3, 0.4) is 0 Å². The lowest BCUT2D eigenvalue weighted by molar-refractivity contribution is 0.615. The average molecular weight is 246 g/mol. The van der Waals surface area contributed by atoms with Crippen LogP contribution in [0.15, 0.2) is 30.6 Å². The summed E-state index contributed by atoms with van der Waals surface area (Å²) in [5.74, 6) is 0.355. The van der Waals surface area contributed by atoms with Gasteiger partial charge in [-0.2, -0.15) is 5.10 Å². The fourth-order valence-corrected chi connectivity index (χ4v) is 2.19. The molecule has 0 radical (unpaired) electrons. The molecule has 0 bridgehead atoms. The molecule has 3 heteroatoms. The van der Waals surface area contributed by atoms with Gasteiger partial charge in [0.05, 0.1) is 5.69 Å². The monoisotopic (exact) mass is 246 g/mol. The Hall–Kier alpha value is -1.64. The van der Waals surface area contributed by atoms with Crippen LogP contribution in [-0.4, -0.2) is 9.78 Å². The second-order valence-corrected chi connectivity index (χ2v) is 5.19.